The molecule has 2 aliphatic rings. The molecule has 3 unspecified atom stereocenters. The first-order valence-corrected chi connectivity index (χ1v) is 7.52. The number of benzene rings is 1. The minimum absolute atomic E-state index is 0.0370. The van der Waals surface area contributed by atoms with Crippen molar-refractivity contribution >= 4 is 11.6 Å². The topological polar surface area (TPSA) is 52.6 Å². The number of nitrogens with zero attached hydrogens (tertiary/aromatic N) is 1. The Morgan fingerprint density at radius 1 is 1.20 bits per heavy atom. The van der Waals surface area contributed by atoms with E-state index in [0.29, 0.717) is 0 Å². The molecule has 108 valence electrons. The molecule has 1 heterocycles. The van der Waals surface area contributed by atoms with E-state index in [4.69, 9.17) is 0 Å². The summed E-state index contributed by atoms with van der Waals surface area (Å²) >= 11 is 0. The Balaban J connectivity index is 1.54. The average molecular weight is 274 g/mol. The quantitative estimate of drug-likeness (QED) is 0.879. The van der Waals surface area contributed by atoms with Crippen molar-refractivity contribution in [3.8, 4) is 0 Å². The van der Waals surface area contributed by atoms with E-state index in [0.717, 1.165) is 38.8 Å². The van der Waals surface area contributed by atoms with Crippen molar-refractivity contribution in [2.24, 2.45) is 5.92 Å². The molecule has 1 aromatic carbocycles. The van der Waals surface area contributed by atoms with Crippen molar-refractivity contribution in [2.45, 2.75) is 37.8 Å². The lowest BCUT2D eigenvalue weighted by Gasteiger charge is -2.20. The number of para-hydroxylation sites is 1. The molecule has 1 aliphatic heterocycles. The third-order valence-electron chi connectivity index (χ3n) is 4.47. The zero-order chi connectivity index (χ0) is 13.9. The molecule has 1 saturated heterocycles. The molecular weight excluding hydrogens is 252 g/mol. The molecule has 1 aromatic rings. The molecule has 4 nitrogen and oxygen atoms in total. The Hall–Kier alpha value is -1.55. The highest BCUT2D eigenvalue weighted by Crippen LogP contribution is 2.26. The Morgan fingerprint density at radius 3 is 2.70 bits per heavy atom. The summed E-state index contributed by atoms with van der Waals surface area (Å²) < 4.78 is 0. The molecule has 2 N–H and O–H groups in total. The maximum atomic E-state index is 12.2. The Morgan fingerprint density at radius 2 is 2.00 bits per heavy atom. The SMILES string of the molecule is O=C(NC1CCN(c2ccccc2)C1)C1CCCC1O. The van der Waals surface area contributed by atoms with Crippen LogP contribution < -0.4 is 10.2 Å². The summed E-state index contributed by atoms with van der Waals surface area (Å²) in [5, 5.41) is 12.9. The van der Waals surface area contributed by atoms with Crippen LogP contribution in [0.3, 0.4) is 0 Å². The van der Waals surface area contributed by atoms with E-state index in [1.807, 2.05) is 18.2 Å². The first-order valence-electron chi connectivity index (χ1n) is 7.52. The van der Waals surface area contributed by atoms with Gasteiger partial charge in [-0.15, -0.1) is 0 Å². The number of carbonyl (C=O) groups is 1. The van der Waals surface area contributed by atoms with Crippen LogP contribution in [0.25, 0.3) is 0 Å². The summed E-state index contributed by atoms with van der Waals surface area (Å²) in [6, 6.07) is 10.5. The second-order valence-electron chi connectivity index (χ2n) is 5.88. The minimum Gasteiger partial charge on any atom is -0.392 e. The fourth-order valence-corrected chi connectivity index (χ4v) is 3.31. The molecule has 1 saturated carbocycles. The fraction of sp³-hybridized carbons (Fsp3) is 0.562. The molecular formula is C16H22N2O2. The normalized spacial score (nSPS) is 29.6. The zero-order valence-corrected chi connectivity index (χ0v) is 11.7. The Labute approximate surface area is 119 Å². The van der Waals surface area contributed by atoms with Crippen molar-refractivity contribution in [3.63, 3.8) is 0 Å². The van der Waals surface area contributed by atoms with E-state index in [1.54, 1.807) is 0 Å². The summed E-state index contributed by atoms with van der Waals surface area (Å²) in [6.07, 6.45) is 3.08. The molecule has 0 bridgehead atoms. The number of aliphatic hydroxyl groups excluding tert-OH is 1. The molecule has 0 radical (unpaired) electrons. The molecule has 0 aromatic heterocycles. The van der Waals surface area contributed by atoms with Crippen LogP contribution in [0, 0.1) is 5.92 Å². The Bertz CT molecular complexity index is 463. The first kappa shape index (κ1) is 13.4. The highest BCUT2D eigenvalue weighted by molar-refractivity contribution is 5.80. The lowest BCUT2D eigenvalue weighted by molar-refractivity contribution is -0.128. The van der Waals surface area contributed by atoms with Crippen LogP contribution in [-0.2, 0) is 4.79 Å². The summed E-state index contributed by atoms with van der Waals surface area (Å²) in [4.78, 5) is 14.5. The van der Waals surface area contributed by atoms with E-state index in [-0.39, 0.29) is 17.9 Å². The van der Waals surface area contributed by atoms with Gasteiger partial charge in [0.25, 0.3) is 0 Å². The molecule has 1 aliphatic carbocycles. The van der Waals surface area contributed by atoms with Gasteiger partial charge in [-0.2, -0.15) is 0 Å². The number of hydrogen-bond donors (Lipinski definition) is 2. The Kier molecular flexibility index (Phi) is 3.92. The number of rotatable bonds is 3. The number of nitrogens with one attached hydrogen (secondary N) is 1. The van der Waals surface area contributed by atoms with Gasteiger partial charge < -0.3 is 15.3 Å². The van der Waals surface area contributed by atoms with E-state index in [1.165, 1.54) is 5.69 Å². The predicted octanol–water partition coefficient (Wildman–Crippen LogP) is 1.54. The minimum atomic E-state index is -0.443. The van der Waals surface area contributed by atoms with Crippen molar-refractivity contribution in [3.05, 3.63) is 30.3 Å². The van der Waals surface area contributed by atoms with Crippen LogP contribution in [0.4, 0.5) is 5.69 Å². The number of aliphatic hydroxyl groups is 1. The van der Waals surface area contributed by atoms with E-state index in [2.05, 4.69) is 22.3 Å². The van der Waals surface area contributed by atoms with Gasteiger partial charge in [0, 0.05) is 24.8 Å². The summed E-state index contributed by atoms with van der Waals surface area (Å²) in [6.45, 7) is 1.83. The number of anilines is 1. The second kappa shape index (κ2) is 5.83. The van der Waals surface area contributed by atoms with Crippen LogP contribution in [0.1, 0.15) is 25.7 Å². The number of carbonyl (C=O) groups excluding carboxylic acids is 1. The summed E-state index contributed by atoms with van der Waals surface area (Å²) in [7, 11) is 0. The van der Waals surface area contributed by atoms with Crippen LogP contribution in [0.5, 0.6) is 0 Å². The van der Waals surface area contributed by atoms with Crippen LogP contribution in [-0.4, -0.2) is 36.2 Å². The zero-order valence-electron chi connectivity index (χ0n) is 11.7. The van der Waals surface area contributed by atoms with Gasteiger partial charge in [-0.05, 0) is 37.8 Å². The van der Waals surface area contributed by atoms with Gasteiger partial charge in [-0.1, -0.05) is 18.2 Å². The molecule has 3 atom stereocenters. The van der Waals surface area contributed by atoms with Crippen molar-refractivity contribution in [1.29, 1.82) is 0 Å². The van der Waals surface area contributed by atoms with Gasteiger partial charge in [0.2, 0.25) is 5.91 Å². The molecule has 0 spiro atoms. The second-order valence-corrected chi connectivity index (χ2v) is 5.88. The lowest BCUT2D eigenvalue weighted by Crippen LogP contribution is -2.42. The van der Waals surface area contributed by atoms with Crippen molar-refractivity contribution < 1.29 is 9.90 Å². The highest BCUT2D eigenvalue weighted by Gasteiger charge is 2.33. The van der Waals surface area contributed by atoms with Gasteiger partial charge in [-0.25, -0.2) is 0 Å². The third kappa shape index (κ3) is 2.80. The predicted molar refractivity (Wildman–Crippen MR) is 78.6 cm³/mol. The van der Waals surface area contributed by atoms with Crippen molar-refractivity contribution in [1.82, 2.24) is 5.32 Å². The number of hydrogen-bond acceptors (Lipinski definition) is 3. The van der Waals surface area contributed by atoms with Gasteiger partial charge >= 0.3 is 0 Å². The third-order valence-corrected chi connectivity index (χ3v) is 4.47. The van der Waals surface area contributed by atoms with Crippen molar-refractivity contribution in [2.75, 3.05) is 18.0 Å². The van der Waals surface area contributed by atoms with Gasteiger partial charge in [-0.3, -0.25) is 4.79 Å². The molecule has 20 heavy (non-hydrogen) atoms. The standard InChI is InChI=1S/C16H22N2O2/c19-15-8-4-7-14(15)16(20)17-12-9-10-18(11-12)13-5-2-1-3-6-13/h1-3,5-6,12,14-15,19H,4,7-11H2,(H,17,20). The monoisotopic (exact) mass is 274 g/mol. The van der Waals surface area contributed by atoms with Crippen LogP contribution in [0.2, 0.25) is 0 Å². The number of amides is 1. The highest BCUT2D eigenvalue weighted by atomic mass is 16.3. The maximum absolute atomic E-state index is 12.2. The molecule has 1 amide bonds. The maximum Gasteiger partial charge on any atom is 0.226 e. The van der Waals surface area contributed by atoms with Gasteiger partial charge in [0.15, 0.2) is 0 Å². The molecule has 4 heteroatoms. The largest absolute Gasteiger partial charge is 0.392 e. The smallest absolute Gasteiger partial charge is 0.226 e. The molecule has 2 fully saturated rings. The average Bonchev–Trinajstić information content (AvgIpc) is 3.09. The van der Waals surface area contributed by atoms with Gasteiger partial charge in [0.1, 0.15) is 0 Å². The van der Waals surface area contributed by atoms with Crippen LogP contribution in [0.15, 0.2) is 30.3 Å². The summed E-state index contributed by atoms with van der Waals surface area (Å²) in [5.41, 5.74) is 1.21. The van der Waals surface area contributed by atoms with E-state index < -0.39 is 6.10 Å². The fourth-order valence-electron chi connectivity index (χ4n) is 3.31. The van der Waals surface area contributed by atoms with Gasteiger partial charge in [0.05, 0.1) is 12.0 Å². The molecule has 3 rings (SSSR count). The first-order chi connectivity index (χ1) is 9.74. The van der Waals surface area contributed by atoms with E-state index in [9.17, 15) is 9.90 Å². The summed E-state index contributed by atoms with van der Waals surface area (Å²) in [5.74, 6) is -0.157. The van der Waals surface area contributed by atoms with Crippen LogP contribution >= 0.6 is 0 Å². The van der Waals surface area contributed by atoms with E-state index >= 15 is 0 Å². The lowest BCUT2D eigenvalue weighted by atomic mass is 10.0.